The Balaban J connectivity index is 1.39. The van der Waals surface area contributed by atoms with E-state index in [4.69, 9.17) is 27.9 Å². The van der Waals surface area contributed by atoms with Gasteiger partial charge in [-0.1, -0.05) is 96.0 Å². The lowest BCUT2D eigenvalue weighted by Gasteiger charge is -2.28. The van der Waals surface area contributed by atoms with Crippen molar-refractivity contribution in [1.29, 1.82) is 0 Å². The maximum absolute atomic E-state index is 13.1. The van der Waals surface area contributed by atoms with E-state index in [1.807, 2.05) is 60.7 Å². The number of amides is 1. The molecule has 1 aliphatic carbocycles. The minimum absolute atomic E-state index is 0.102. The number of carboxylic acids is 1. The van der Waals surface area contributed by atoms with Crippen LogP contribution in [0.15, 0.2) is 97.1 Å². The monoisotopic (exact) mass is 545 g/mol. The average molecular weight is 546 g/mol. The topological polar surface area (TPSA) is 75.6 Å². The van der Waals surface area contributed by atoms with Crippen LogP contribution in [0.1, 0.15) is 40.5 Å². The van der Waals surface area contributed by atoms with Crippen LogP contribution in [-0.2, 0) is 9.53 Å². The Hall–Kier alpha value is -3.80. The van der Waals surface area contributed by atoms with Gasteiger partial charge in [0.05, 0.1) is 12.5 Å². The number of carboxylic acid groups (broad SMARTS) is 1. The van der Waals surface area contributed by atoms with Crippen molar-refractivity contribution >= 4 is 35.3 Å². The van der Waals surface area contributed by atoms with Gasteiger partial charge >= 0.3 is 12.1 Å². The van der Waals surface area contributed by atoms with Crippen LogP contribution in [0.25, 0.3) is 11.1 Å². The third-order valence-corrected chi connectivity index (χ3v) is 7.41. The summed E-state index contributed by atoms with van der Waals surface area (Å²) in [5.41, 5.74) is 6.08. The van der Waals surface area contributed by atoms with Crippen molar-refractivity contribution in [2.24, 2.45) is 0 Å². The Morgan fingerprint density at radius 3 is 1.71 bits per heavy atom. The Kier molecular flexibility index (Phi) is 7.68. The van der Waals surface area contributed by atoms with E-state index < -0.39 is 24.0 Å². The third-order valence-electron chi connectivity index (χ3n) is 6.90. The smallest absolute Gasteiger partial charge is 0.407 e. The zero-order valence-corrected chi connectivity index (χ0v) is 21.8. The van der Waals surface area contributed by atoms with Gasteiger partial charge in [0.1, 0.15) is 6.61 Å². The van der Waals surface area contributed by atoms with E-state index in [9.17, 15) is 14.7 Å². The standard InChI is InChI=1S/C31H25Cl2NO4/c32-21-13-9-19(10-14-21)30(20-11-15-22(33)16-12-20)28(17-29(35)36)34-31(37)38-18-27-25-7-3-1-5-23(25)24-6-2-4-8-26(24)27/h1-16,27-28,30H,17-18H2,(H,34,37)(H,35,36)/t28-/m1/s1. The quantitative estimate of drug-likeness (QED) is 0.240. The molecule has 0 saturated heterocycles. The number of benzene rings is 4. The maximum atomic E-state index is 13.1. The van der Waals surface area contributed by atoms with Gasteiger partial charge in [0.25, 0.3) is 0 Å². The van der Waals surface area contributed by atoms with E-state index in [0.29, 0.717) is 10.0 Å². The minimum Gasteiger partial charge on any atom is -0.481 e. The van der Waals surface area contributed by atoms with E-state index in [1.54, 1.807) is 24.3 Å². The first-order valence-electron chi connectivity index (χ1n) is 12.2. The zero-order valence-electron chi connectivity index (χ0n) is 20.3. The molecular formula is C31H25Cl2NO4. The molecule has 0 bridgehead atoms. The van der Waals surface area contributed by atoms with Crippen LogP contribution >= 0.6 is 23.2 Å². The molecule has 1 atom stereocenters. The number of halogens is 2. The summed E-state index contributed by atoms with van der Waals surface area (Å²) in [6.45, 7) is 0.131. The fourth-order valence-electron chi connectivity index (χ4n) is 5.23. The van der Waals surface area contributed by atoms with Crippen LogP contribution in [0, 0.1) is 0 Å². The third kappa shape index (κ3) is 5.54. The van der Waals surface area contributed by atoms with E-state index in [2.05, 4.69) is 17.4 Å². The highest BCUT2D eigenvalue weighted by atomic mass is 35.5. The Morgan fingerprint density at radius 1 is 0.763 bits per heavy atom. The highest BCUT2D eigenvalue weighted by Crippen LogP contribution is 2.44. The first-order chi connectivity index (χ1) is 18.4. The van der Waals surface area contributed by atoms with Gasteiger partial charge < -0.3 is 15.2 Å². The number of hydrogen-bond donors (Lipinski definition) is 2. The van der Waals surface area contributed by atoms with Crippen molar-refractivity contribution in [1.82, 2.24) is 5.32 Å². The van der Waals surface area contributed by atoms with Crippen molar-refractivity contribution in [3.8, 4) is 11.1 Å². The summed E-state index contributed by atoms with van der Waals surface area (Å²) < 4.78 is 5.73. The van der Waals surface area contributed by atoms with E-state index in [0.717, 1.165) is 33.4 Å². The Morgan fingerprint density at radius 2 is 1.24 bits per heavy atom. The van der Waals surface area contributed by atoms with Crippen molar-refractivity contribution in [3.05, 3.63) is 129 Å². The van der Waals surface area contributed by atoms with Crippen LogP contribution in [0.2, 0.25) is 10.0 Å². The summed E-state index contributed by atoms with van der Waals surface area (Å²) in [7, 11) is 0. The summed E-state index contributed by atoms with van der Waals surface area (Å²) in [6.07, 6.45) is -0.980. The molecule has 4 aromatic carbocycles. The molecule has 1 aliphatic rings. The molecule has 7 heteroatoms. The molecule has 5 rings (SSSR count). The van der Waals surface area contributed by atoms with Gasteiger partial charge in [-0.15, -0.1) is 0 Å². The van der Waals surface area contributed by atoms with Crippen LogP contribution in [0.5, 0.6) is 0 Å². The van der Waals surface area contributed by atoms with Crippen LogP contribution in [0.3, 0.4) is 0 Å². The highest BCUT2D eigenvalue weighted by Gasteiger charge is 2.32. The SMILES string of the molecule is O=C(O)C[C@@H](NC(=O)OCC1c2ccccc2-c2ccccc21)C(c1ccc(Cl)cc1)c1ccc(Cl)cc1. The predicted octanol–water partition coefficient (Wildman–Crippen LogP) is 7.51. The van der Waals surface area contributed by atoms with Crippen molar-refractivity contribution in [2.75, 3.05) is 6.61 Å². The molecule has 0 fully saturated rings. The van der Waals surface area contributed by atoms with E-state index >= 15 is 0 Å². The number of aliphatic carboxylic acids is 1. The zero-order chi connectivity index (χ0) is 26.6. The summed E-state index contributed by atoms with van der Waals surface area (Å²) >= 11 is 12.2. The summed E-state index contributed by atoms with van der Waals surface area (Å²) in [5.74, 6) is -1.61. The fourth-order valence-corrected chi connectivity index (χ4v) is 5.48. The number of rotatable bonds is 8. The molecule has 0 aromatic heterocycles. The second kappa shape index (κ2) is 11.3. The molecule has 4 aromatic rings. The molecule has 1 amide bonds. The maximum Gasteiger partial charge on any atom is 0.407 e. The van der Waals surface area contributed by atoms with E-state index in [-0.39, 0.29) is 18.9 Å². The van der Waals surface area contributed by atoms with Gasteiger partial charge in [0, 0.05) is 21.9 Å². The predicted molar refractivity (Wildman–Crippen MR) is 149 cm³/mol. The van der Waals surface area contributed by atoms with Crippen LogP contribution in [0.4, 0.5) is 4.79 Å². The lowest BCUT2D eigenvalue weighted by atomic mass is 9.83. The number of nitrogens with one attached hydrogen (secondary N) is 1. The largest absolute Gasteiger partial charge is 0.481 e. The molecule has 2 N–H and O–H groups in total. The number of ether oxygens (including phenoxy) is 1. The number of hydrogen-bond acceptors (Lipinski definition) is 3. The summed E-state index contributed by atoms with van der Waals surface area (Å²) in [4.78, 5) is 25.0. The van der Waals surface area contributed by atoms with Crippen LogP contribution in [-0.4, -0.2) is 29.8 Å². The second-order valence-corrected chi connectivity index (χ2v) is 10.1. The summed E-state index contributed by atoms with van der Waals surface area (Å²) in [5, 5.41) is 13.7. The average Bonchev–Trinajstić information content (AvgIpc) is 3.23. The number of carbonyl (C=O) groups excluding carboxylic acids is 1. The van der Waals surface area contributed by atoms with Crippen molar-refractivity contribution in [2.45, 2.75) is 24.3 Å². The molecule has 0 aliphatic heterocycles. The van der Waals surface area contributed by atoms with Gasteiger partial charge in [-0.2, -0.15) is 0 Å². The van der Waals surface area contributed by atoms with Gasteiger partial charge in [-0.25, -0.2) is 4.79 Å². The molecule has 192 valence electrons. The number of carbonyl (C=O) groups is 2. The van der Waals surface area contributed by atoms with Gasteiger partial charge in [0.2, 0.25) is 0 Å². The van der Waals surface area contributed by atoms with Gasteiger partial charge in [-0.3, -0.25) is 4.79 Å². The molecule has 0 radical (unpaired) electrons. The normalized spacial score (nSPS) is 13.0. The molecule has 0 heterocycles. The summed E-state index contributed by atoms with van der Waals surface area (Å²) in [6, 6.07) is 29.7. The van der Waals surface area contributed by atoms with E-state index in [1.165, 1.54) is 0 Å². The fraction of sp³-hybridized carbons (Fsp3) is 0.161. The lowest BCUT2D eigenvalue weighted by Crippen LogP contribution is -2.42. The molecular weight excluding hydrogens is 521 g/mol. The molecule has 0 unspecified atom stereocenters. The van der Waals surface area contributed by atoms with Gasteiger partial charge in [0.15, 0.2) is 0 Å². The van der Waals surface area contributed by atoms with Crippen LogP contribution < -0.4 is 5.32 Å². The molecule has 5 nitrogen and oxygen atoms in total. The second-order valence-electron chi connectivity index (χ2n) is 9.26. The highest BCUT2D eigenvalue weighted by molar-refractivity contribution is 6.30. The first-order valence-corrected chi connectivity index (χ1v) is 13.0. The molecule has 0 spiro atoms. The van der Waals surface area contributed by atoms with Gasteiger partial charge in [-0.05, 0) is 57.6 Å². The minimum atomic E-state index is -1.04. The number of alkyl carbamates (subject to hydrolysis) is 1. The Labute approximate surface area is 231 Å². The molecule has 0 saturated carbocycles. The first kappa shape index (κ1) is 25.8. The van der Waals surface area contributed by atoms with Crippen molar-refractivity contribution < 1.29 is 19.4 Å². The lowest BCUT2D eigenvalue weighted by molar-refractivity contribution is -0.137. The Bertz CT molecular complexity index is 1360. The van der Waals surface area contributed by atoms with Crippen molar-refractivity contribution in [3.63, 3.8) is 0 Å². The molecule has 38 heavy (non-hydrogen) atoms. The number of fused-ring (bicyclic) bond motifs is 3.